The molecule has 2 aromatic heterocycles. The predicted octanol–water partition coefficient (Wildman–Crippen LogP) is 3.57. The first-order chi connectivity index (χ1) is 18.6. The molecule has 2 heterocycles. The molecule has 2 N–H and O–H groups in total. The van der Waals surface area contributed by atoms with E-state index < -0.39 is 88.7 Å². The minimum absolute atomic E-state index is 0.0277. The topological polar surface area (TPSA) is 128 Å². The van der Waals surface area contributed by atoms with Crippen LogP contribution in [-0.4, -0.2) is 48.1 Å². The molecule has 0 saturated carbocycles. The molecule has 0 atom stereocenters. The summed E-state index contributed by atoms with van der Waals surface area (Å²) in [7, 11) is -4.22. The summed E-state index contributed by atoms with van der Waals surface area (Å²) < 4.78 is 105. The molecule has 3 aromatic rings. The fourth-order valence-electron chi connectivity index (χ4n) is 2.08. The molecule has 32 heavy (non-hydrogen) atoms. The highest BCUT2D eigenvalue weighted by Gasteiger charge is 2.19. The van der Waals surface area contributed by atoms with E-state index in [9.17, 15) is 8.42 Å². The first-order valence-electron chi connectivity index (χ1n) is 12.8. The smallest absolute Gasteiger partial charge is 0.316 e. The van der Waals surface area contributed by atoms with E-state index in [-0.39, 0.29) is 15.5 Å². The van der Waals surface area contributed by atoms with Gasteiger partial charge in [0.2, 0.25) is 5.88 Å². The van der Waals surface area contributed by atoms with Gasteiger partial charge in [0.15, 0.2) is 5.82 Å². The van der Waals surface area contributed by atoms with Crippen LogP contribution in [0.5, 0.6) is 11.9 Å². The summed E-state index contributed by atoms with van der Waals surface area (Å²) in [5, 5.41) is 0. The minimum Gasteiger partial charge on any atom is -0.473 e. The number of anilines is 1. The van der Waals surface area contributed by atoms with Gasteiger partial charge < -0.3 is 9.47 Å². The van der Waals surface area contributed by atoms with Crippen molar-refractivity contribution < 1.29 is 28.9 Å². The van der Waals surface area contributed by atoms with Crippen molar-refractivity contribution in [1.82, 2.24) is 24.7 Å². The van der Waals surface area contributed by atoms with E-state index in [4.69, 9.17) is 20.4 Å². The molecule has 13 heteroatoms. The van der Waals surface area contributed by atoms with Crippen molar-refractivity contribution in [2.45, 2.75) is 13.3 Å². The number of hydrogen-bond acceptors (Lipinski definition) is 8. The van der Waals surface area contributed by atoms with E-state index in [1.807, 2.05) is 0 Å². The Morgan fingerprint density at radius 3 is 2.47 bits per heavy atom. The second kappa shape index (κ2) is 11.5. The quantitative estimate of drug-likeness (QED) is 0.344. The summed E-state index contributed by atoms with van der Waals surface area (Å²) in [5.74, 6) is -0.968. The SMILES string of the molecule is [2H]c1nc(OC([2H])([2H])COc2ncnc(NS(=O)(=O)NCCC)c2-c2c([2H])c([2H])c(Br)c([2H])c2[2H])nc([2H])c1Br. The first kappa shape index (κ1) is 15.5. The van der Waals surface area contributed by atoms with Crippen molar-refractivity contribution in [1.29, 1.82) is 0 Å². The Labute approximate surface area is 213 Å². The maximum absolute atomic E-state index is 12.6. The summed E-state index contributed by atoms with van der Waals surface area (Å²) in [5.41, 5.74) is -0.816. The average molecular weight is 596 g/mol. The lowest BCUT2D eigenvalue weighted by Gasteiger charge is -2.15. The number of halogens is 2. The molecule has 0 aliphatic heterocycles. The van der Waals surface area contributed by atoms with Gasteiger partial charge in [0.25, 0.3) is 10.2 Å². The lowest BCUT2D eigenvalue weighted by molar-refractivity contribution is 0.202. The van der Waals surface area contributed by atoms with Crippen molar-refractivity contribution in [3.8, 4) is 23.0 Å². The largest absolute Gasteiger partial charge is 0.473 e. The molecular formula is C19H20Br2N6O4S. The summed E-state index contributed by atoms with van der Waals surface area (Å²) in [6.45, 7) is -1.81. The number of rotatable bonds is 11. The highest BCUT2D eigenvalue weighted by atomic mass is 79.9. The van der Waals surface area contributed by atoms with Crippen molar-refractivity contribution >= 4 is 47.9 Å². The molecule has 0 fully saturated rings. The standard InChI is InChI=1S/C19H20Br2N6O4S/c1-2-7-26-32(28,29)27-17-16(13-3-5-14(20)6-4-13)18(25-12-24-17)30-8-9-31-19-22-10-15(21)11-23-19/h3-6,10-12,26H,2,7-9H2,1H3,(H,24,25,27)/i3D,4D,5D,6D,9D2,10D,11D. The maximum atomic E-state index is 12.6. The Morgan fingerprint density at radius 1 is 1.06 bits per heavy atom. The number of aromatic nitrogens is 4. The minimum atomic E-state index is -4.22. The average Bonchev–Trinajstić information content (AvgIpc) is 2.87. The second-order valence-corrected chi connectivity index (χ2v) is 8.76. The summed E-state index contributed by atoms with van der Waals surface area (Å²) >= 11 is 5.95. The highest BCUT2D eigenvalue weighted by molar-refractivity contribution is 9.10. The molecule has 0 spiro atoms. The zero-order valence-corrected chi connectivity index (χ0v) is 20.3. The Morgan fingerprint density at radius 2 is 1.78 bits per heavy atom. The third-order valence-electron chi connectivity index (χ3n) is 3.36. The van der Waals surface area contributed by atoms with Crippen LogP contribution >= 0.6 is 31.9 Å². The van der Waals surface area contributed by atoms with Crippen LogP contribution in [0.15, 0.2) is 51.8 Å². The predicted molar refractivity (Wildman–Crippen MR) is 127 cm³/mol. The van der Waals surface area contributed by atoms with Crippen LogP contribution in [0.2, 0.25) is 0 Å². The van der Waals surface area contributed by atoms with E-state index in [1.165, 1.54) is 0 Å². The molecule has 3 rings (SSSR count). The Bertz CT molecular complexity index is 1500. The zero-order chi connectivity index (χ0) is 30.0. The number of nitrogens with one attached hydrogen (secondary N) is 2. The second-order valence-electron chi connectivity index (χ2n) is 5.67. The Balaban J connectivity index is 2.09. The lowest BCUT2D eigenvalue weighted by atomic mass is 10.1. The fraction of sp³-hybridized carbons (Fsp3) is 0.263. The summed E-state index contributed by atoms with van der Waals surface area (Å²) in [6, 6.07) is -2.75. The maximum Gasteiger partial charge on any atom is 0.316 e. The van der Waals surface area contributed by atoms with E-state index in [1.54, 1.807) is 6.92 Å². The molecule has 10 nitrogen and oxygen atoms in total. The van der Waals surface area contributed by atoms with Gasteiger partial charge in [0.05, 0.1) is 21.0 Å². The Kier molecular flexibility index (Phi) is 5.56. The van der Waals surface area contributed by atoms with E-state index in [0.29, 0.717) is 6.42 Å². The highest BCUT2D eigenvalue weighted by Crippen LogP contribution is 2.34. The molecule has 0 radical (unpaired) electrons. The normalized spacial score (nSPS) is 15.2. The van der Waals surface area contributed by atoms with E-state index in [2.05, 4.69) is 61.2 Å². The van der Waals surface area contributed by atoms with Crippen LogP contribution in [-0.2, 0) is 10.2 Å². The third kappa shape index (κ3) is 7.08. The van der Waals surface area contributed by atoms with E-state index in [0.717, 1.165) is 6.33 Å². The van der Waals surface area contributed by atoms with E-state index >= 15 is 0 Å². The molecule has 0 aliphatic rings. The van der Waals surface area contributed by atoms with Crippen molar-refractivity contribution in [2.75, 3.05) is 24.4 Å². The van der Waals surface area contributed by atoms with Gasteiger partial charge in [-0.2, -0.15) is 13.1 Å². The van der Waals surface area contributed by atoms with Crippen LogP contribution in [0, 0.1) is 0 Å². The molecular weight excluding hydrogens is 568 g/mol. The Hall–Kier alpha value is -2.35. The molecule has 0 unspecified atom stereocenters. The number of hydrogen-bond donors (Lipinski definition) is 2. The zero-order valence-electron chi connectivity index (χ0n) is 24.3. The van der Waals surface area contributed by atoms with Gasteiger partial charge in [-0.3, -0.25) is 4.72 Å². The van der Waals surface area contributed by atoms with Gasteiger partial charge in [-0.15, -0.1) is 0 Å². The lowest BCUT2D eigenvalue weighted by Crippen LogP contribution is -2.31. The molecule has 0 aliphatic carbocycles. The number of nitrogens with zero attached hydrogens (tertiary/aromatic N) is 4. The van der Waals surface area contributed by atoms with Crippen molar-refractivity contribution in [3.63, 3.8) is 0 Å². The van der Waals surface area contributed by atoms with Crippen LogP contribution in [0.3, 0.4) is 0 Å². The van der Waals surface area contributed by atoms with Gasteiger partial charge in [-0.25, -0.2) is 19.9 Å². The van der Waals surface area contributed by atoms with Crippen molar-refractivity contribution in [3.05, 3.63) is 51.8 Å². The summed E-state index contributed by atoms with van der Waals surface area (Å²) in [4.78, 5) is 15.1. The van der Waals surface area contributed by atoms with Gasteiger partial charge in [-0.1, -0.05) is 34.9 Å². The number of ether oxygens (including phenoxy) is 2. The van der Waals surface area contributed by atoms with Gasteiger partial charge in [-0.05, 0) is 40.0 Å². The van der Waals surface area contributed by atoms with Crippen molar-refractivity contribution in [2.24, 2.45) is 0 Å². The number of benzene rings is 1. The van der Waals surface area contributed by atoms with Gasteiger partial charge in [0.1, 0.15) is 19.5 Å². The molecule has 170 valence electrons. The summed E-state index contributed by atoms with van der Waals surface area (Å²) in [6.07, 6.45) is 0.518. The van der Waals surface area contributed by atoms with Crippen LogP contribution in [0.25, 0.3) is 11.1 Å². The van der Waals surface area contributed by atoms with Gasteiger partial charge >= 0.3 is 6.01 Å². The molecule has 0 bridgehead atoms. The van der Waals surface area contributed by atoms with Crippen LogP contribution in [0.1, 0.15) is 24.3 Å². The molecule has 0 amide bonds. The third-order valence-corrected chi connectivity index (χ3v) is 5.16. The van der Waals surface area contributed by atoms with Gasteiger partial charge in [0, 0.05) is 23.4 Å². The molecule has 1 aromatic carbocycles. The first-order valence-corrected chi connectivity index (χ1v) is 11.9. The van der Waals surface area contributed by atoms with Crippen LogP contribution < -0.4 is 18.9 Å². The molecule has 0 saturated heterocycles. The monoisotopic (exact) mass is 594 g/mol. The van der Waals surface area contributed by atoms with Crippen LogP contribution in [0.4, 0.5) is 5.82 Å². The fourth-order valence-corrected chi connectivity index (χ4v) is 3.41.